The number of anilines is 1. The zero-order chi connectivity index (χ0) is 19.2. The first kappa shape index (κ1) is 20.1. The number of rotatable bonds is 5. The molecule has 1 aliphatic heterocycles. The molecule has 0 bridgehead atoms. The van der Waals surface area contributed by atoms with Gasteiger partial charge in [0.25, 0.3) is 0 Å². The molecular weight excluding hydrogens is 378 g/mol. The van der Waals surface area contributed by atoms with E-state index >= 15 is 0 Å². The first-order chi connectivity index (χ1) is 13.0. The molecule has 2 aromatic rings. The maximum Gasteiger partial charge on any atom is 0.171 e. The summed E-state index contributed by atoms with van der Waals surface area (Å²) in [7, 11) is 0. The molecule has 0 aliphatic carbocycles. The third kappa shape index (κ3) is 5.91. The van der Waals surface area contributed by atoms with E-state index in [4.69, 9.17) is 28.6 Å². The lowest BCUT2D eigenvalue weighted by atomic mass is 10.0. The van der Waals surface area contributed by atoms with Gasteiger partial charge in [-0.1, -0.05) is 47.5 Å². The lowest BCUT2D eigenvalue weighted by Gasteiger charge is -2.31. The highest BCUT2D eigenvalue weighted by molar-refractivity contribution is 7.80. The fourth-order valence-electron chi connectivity index (χ4n) is 3.07. The summed E-state index contributed by atoms with van der Waals surface area (Å²) in [6, 6.07) is 14.6. The van der Waals surface area contributed by atoms with Crippen molar-refractivity contribution in [2.45, 2.75) is 19.9 Å². The third-order valence-electron chi connectivity index (χ3n) is 4.76. The van der Waals surface area contributed by atoms with Crippen molar-refractivity contribution in [1.29, 1.82) is 0 Å². The molecule has 4 nitrogen and oxygen atoms in total. The number of aryl methyl sites for hydroxylation is 2. The topological polar surface area (TPSA) is 36.5 Å². The van der Waals surface area contributed by atoms with Gasteiger partial charge in [-0.3, -0.25) is 4.90 Å². The lowest BCUT2D eigenvalue weighted by molar-refractivity contribution is 0.0344. The Labute approximate surface area is 171 Å². The van der Waals surface area contributed by atoms with Crippen LogP contribution in [0.5, 0.6) is 0 Å². The molecule has 2 aromatic carbocycles. The fourth-order valence-corrected chi connectivity index (χ4v) is 3.51. The van der Waals surface area contributed by atoms with Gasteiger partial charge in [0.2, 0.25) is 0 Å². The molecule has 0 radical (unpaired) electrons. The van der Waals surface area contributed by atoms with Gasteiger partial charge in [0.05, 0.1) is 19.3 Å². The monoisotopic (exact) mass is 403 g/mol. The quantitative estimate of drug-likeness (QED) is 0.727. The molecule has 1 fully saturated rings. The third-order valence-corrected chi connectivity index (χ3v) is 5.39. The van der Waals surface area contributed by atoms with Crippen LogP contribution in [0.4, 0.5) is 5.69 Å². The van der Waals surface area contributed by atoms with E-state index in [0.29, 0.717) is 5.11 Å². The van der Waals surface area contributed by atoms with E-state index in [2.05, 4.69) is 46.7 Å². The first-order valence-corrected chi connectivity index (χ1v) is 10.0. The Morgan fingerprint density at radius 2 is 1.85 bits per heavy atom. The van der Waals surface area contributed by atoms with Crippen LogP contribution in [0.15, 0.2) is 42.5 Å². The number of halogens is 1. The van der Waals surface area contributed by atoms with Crippen molar-refractivity contribution in [3.8, 4) is 0 Å². The standard InChI is InChI=1S/C21H26ClN3OS/c1-15-3-6-17(7-4-15)20(14-25-9-11-26-12-10-25)24-21(27)23-18-8-5-16(2)19(22)13-18/h3-8,13,20H,9-12,14H2,1-2H3,(H2,23,24,27)/t20-/m0/s1. The second kappa shape index (κ2) is 9.51. The average molecular weight is 404 g/mol. The van der Waals surface area contributed by atoms with Gasteiger partial charge in [-0.05, 0) is 49.3 Å². The molecule has 1 atom stereocenters. The molecule has 1 saturated heterocycles. The number of thiocarbonyl (C=S) groups is 1. The second-order valence-corrected chi connectivity index (χ2v) is 7.75. The Morgan fingerprint density at radius 1 is 1.15 bits per heavy atom. The summed E-state index contributed by atoms with van der Waals surface area (Å²) in [5.74, 6) is 0. The molecule has 3 rings (SSSR count). The Bertz CT molecular complexity index is 775. The van der Waals surface area contributed by atoms with Gasteiger partial charge in [-0.25, -0.2) is 0 Å². The van der Waals surface area contributed by atoms with Crippen LogP contribution in [0.25, 0.3) is 0 Å². The Morgan fingerprint density at radius 3 is 2.52 bits per heavy atom. The van der Waals surface area contributed by atoms with Crippen LogP contribution in [0.2, 0.25) is 5.02 Å². The summed E-state index contributed by atoms with van der Waals surface area (Å²) in [5, 5.41) is 8.05. The van der Waals surface area contributed by atoms with Crippen LogP contribution in [0.1, 0.15) is 22.7 Å². The van der Waals surface area contributed by atoms with E-state index in [9.17, 15) is 0 Å². The minimum atomic E-state index is 0.102. The van der Waals surface area contributed by atoms with E-state index in [1.807, 2.05) is 25.1 Å². The number of nitrogens with zero attached hydrogens (tertiary/aromatic N) is 1. The molecule has 1 heterocycles. The van der Waals surface area contributed by atoms with Crippen molar-refractivity contribution in [1.82, 2.24) is 10.2 Å². The maximum atomic E-state index is 6.22. The van der Waals surface area contributed by atoms with Gasteiger partial charge < -0.3 is 15.4 Å². The van der Waals surface area contributed by atoms with E-state index in [1.54, 1.807) is 0 Å². The fraction of sp³-hybridized carbons (Fsp3) is 0.381. The van der Waals surface area contributed by atoms with Gasteiger partial charge in [-0.15, -0.1) is 0 Å². The van der Waals surface area contributed by atoms with Crippen molar-refractivity contribution >= 4 is 34.6 Å². The van der Waals surface area contributed by atoms with Gasteiger partial charge in [0.15, 0.2) is 5.11 Å². The van der Waals surface area contributed by atoms with Gasteiger partial charge in [0.1, 0.15) is 0 Å². The number of hydrogen-bond acceptors (Lipinski definition) is 3. The van der Waals surface area contributed by atoms with Gasteiger partial charge >= 0.3 is 0 Å². The van der Waals surface area contributed by atoms with E-state index in [1.165, 1.54) is 11.1 Å². The highest BCUT2D eigenvalue weighted by Crippen LogP contribution is 2.21. The smallest absolute Gasteiger partial charge is 0.171 e. The molecule has 0 spiro atoms. The number of benzene rings is 2. The molecule has 0 aromatic heterocycles. The molecule has 27 heavy (non-hydrogen) atoms. The summed E-state index contributed by atoms with van der Waals surface area (Å²) in [6.45, 7) is 8.41. The van der Waals surface area contributed by atoms with Crippen LogP contribution in [0.3, 0.4) is 0 Å². The molecule has 1 aliphatic rings. The first-order valence-electron chi connectivity index (χ1n) is 9.21. The number of hydrogen-bond donors (Lipinski definition) is 2. The Kier molecular flexibility index (Phi) is 7.07. The molecule has 6 heteroatoms. The molecule has 0 amide bonds. The Hall–Kier alpha value is -1.66. The summed E-state index contributed by atoms with van der Waals surface area (Å²) in [6.07, 6.45) is 0. The summed E-state index contributed by atoms with van der Waals surface area (Å²) in [5.41, 5.74) is 4.40. The predicted molar refractivity (Wildman–Crippen MR) is 117 cm³/mol. The van der Waals surface area contributed by atoms with Crippen molar-refractivity contribution in [3.05, 3.63) is 64.2 Å². The molecule has 2 N–H and O–H groups in total. The van der Waals surface area contributed by atoms with E-state index in [0.717, 1.165) is 49.1 Å². The van der Waals surface area contributed by atoms with Crippen LogP contribution < -0.4 is 10.6 Å². The predicted octanol–water partition coefficient (Wildman–Crippen LogP) is 4.32. The van der Waals surface area contributed by atoms with Crippen LogP contribution in [-0.2, 0) is 4.74 Å². The largest absolute Gasteiger partial charge is 0.379 e. The minimum absolute atomic E-state index is 0.102. The van der Waals surface area contributed by atoms with Gasteiger partial charge in [-0.2, -0.15) is 0 Å². The molecule has 144 valence electrons. The summed E-state index contributed by atoms with van der Waals surface area (Å²) < 4.78 is 5.47. The van der Waals surface area contributed by atoms with Crippen molar-refractivity contribution in [2.24, 2.45) is 0 Å². The molecule has 0 unspecified atom stereocenters. The normalized spacial score (nSPS) is 16.0. The van der Waals surface area contributed by atoms with Crippen LogP contribution >= 0.6 is 23.8 Å². The lowest BCUT2D eigenvalue weighted by Crippen LogP contribution is -2.44. The maximum absolute atomic E-state index is 6.22. The average Bonchev–Trinajstić information content (AvgIpc) is 2.66. The van der Waals surface area contributed by atoms with Crippen molar-refractivity contribution in [3.63, 3.8) is 0 Å². The van der Waals surface area contributed by atoms with E-state index in [-0.39, 0.29) is 6.04 Å². The Balaban J connectivity index is 1.70. The number of nitrogens with one attached hydrogen (secondary N) is 2. The minimum Gasteiger partial charge on any atom is -0.379 e. The SMILES string of the molecule is Cc1ccc([C@H](CN2CCOCC2)NC(=S)Nc2ccc(C)c(Cl)c2)cc1. The molecule has 0 saturated carbocycles. The zero-order valence-corrected chi connectivity index (χ0v) is 17.4. The highest BCUT2D eigenvalue weighted by Gasteiger charge is 2.19. The zero-order valence-electron chi connectivity index (χ0n) is 15.8. The summed E-state index contributed by atoms with van der Waals surface area (Å²) >= 11 is 11.8. The van der Waals surface area contributed by atoms with Gasteiger partial charge in [0, 0.05) is 30.3 Å². The van der Waals surface area contributed by atoms with Crippen LogP contribution in [-0.4, -0.2) is 42.9 Å². The highest BCUT2D eigenvalue weighted by atomic mass is 35.5. The summed E-state index contributed by atoms with van der Waals surface area (Å²) in [4.78, 5) is 2.41. The van der Waals surface area contributed by atoms with E-state index < -0.39 is 0 Å². The number of ether oxygens (including phenoxy) is 1. The van der Waals surface area contributed by atoms with Crippen molar-refractivity contribution in [2.75, 3.05) is 38.2 Å². The molecular formula is C21H26ClN3OS. The number of morpholine rings is 1. The van der Waals surface area contributed by atoms with Crippen molar-refractivity contribution < 1.29 is 4.74 Å². The van der Waals surface area contributed by atoms with Crippen LogP contribution in [0, 0.1) is 13.8 Å². The second-order valence-electron chi connectivity index (χ2n) is 6.94.